The zero-order valence-corrected chi connectivity index (χ0v) is 19.4. The van der Waals surface area contributed by atoms with Crippen LogP contribution in [0.2, 0.25) is 0 Å². The molecule has 0 aromatic heterocycles. The Labute approximate surface area is 205 Å². The van der Waals surface area contributed by atoms with Crippen LogP contribution in [-0.4, -0.2) is 76.6 Å². The van der Waals surface area contributed by atoms with E-state index < -0.39 is 77.9 Å². The molecule has 0 aliphatic carbocycles. The van der Waals surface area contributed by atoms with E-state index >= 15 is 0 Å². The summed E-state index contributed by atoms with van der Waals surface area (Å²) in [5.74, 6) is -7.84. The van der Waals surface area contributed by atoms with Crippen molar-refractivity contribution < 1.29 is 43.5 Å². The Bertz CT molecular complexity index is 879. The van der Waals surface area contributed by atoms with Crippen LogP contribution in [0.3, 0.4) is 0 Å². The molecule has 17 nitrogen and oxygen atoms in total. The fraction of sp³-hybridized carbons (Fsp3) is 0.579. The maximum absolute atomic E-state index is 12.8. The highest BCUT2D eigenvalue weighted by molar-refractivity contribution is 5.95. The highest BCUT2D eigenvalue weighted by Crippen LogP contribution is 2.05. The van der Waals surface area contributed by atoms with Gasteiger partial charge >= 0.3 is 5.97 Å². The van der Waals surface area contributed by atoms with E-state index in [0.717, 1.165) is 0 Å². The van der Waals surface area contributed by atoms with Gasteiger partial charge in [0.2, 0.25) is 41.4 Å². The van der Waals surface area contributed by atoms with Crippen LogP contribution in [0.25, 0.3) is 0 Å². The minimum absolute atomic E-state index is 0.323. The van der Waals surface area contributed by atoms with E-state index in [2.05, 4.69) is 16.0 Å². The number of hydrogen-bond donors (Lipinski definition) is 9. The molecule has 0 aliphatic rings. The minimum Gasteiger partial charge on any atom is -0.480 e. The number of primary amides is 4. The maximum atomic E-state index is 12.8. The van der Waals surface area contributed by atoms with Crippen LogP contribution in [0.1, 0.15) is 44.9 Å². The van der Waals surface area contributed by atoms with Crippen molar-refractivity contribution in [2.75, 3.05) is 0 Å². The molecule has 0 radical (unpaired) electrons. The fourth-order valence-electron chi connectivity index (χ4n) is 2.79. The van der Waals surface area contributed by atoms with Gasteiger partial charge in [0, 0.05) is 19.3 Å². The standard InChI is InChI=1S/C19H32N8O9/c20-8(7-15(24)31)16(32)25-9(1-4-12(21)28)17(33)26-10(2-5-13(22)29)18(34)27-11(19(35)36)3-6-14(23)30/h8-11H,1-7,20H2,(H2,21,28)(H2,22,29)(H2,23,30)(H2,24,31)(H,25,32)(H,26,33)(H,27,34)(H,35,36). The van der Waals surface area contributed by atoms with Crippen molar-refractivity contribution in [3.8, 4) is 0 Å². The number of nitrogens with two attached hydrogens (primary N) is 5. The normalized spacial score (nSPS) is 13.8. The van der Waals surface area contributed by atoms with Crippen molar-refractivity contribution in [2.45, 2.75) is 69.1 Å². The molecule has 0 rings (SSSR count). The van der Waals surface area contributed by atoms with Gasteiger partial charge in [0.05, 0.1) is 12.5 Å². The second-order valence-corrected chi connectivity index (χ2v) is 7.81. The lowest BCUT2D eigenvalue weighted by Crippen LogP contribution is -2.57. The van der Waals surface area contributed by atoms with Crippen LogP contribution < -0.4 is 44.6 Å². The summed E-state index contributed by atoms with van der Waals surface area (Å²) < 4.78 is 0. The molecule has 36 heavy (non-hydrogen) atoms. The van der Waals surface area contributed by atoms with Crippen molar-refractivity contribution in [3.05, 3.63) is 0 Å². The third kappa shape index (κ3) is 13.4. The molecular weight excluding hydrogens is 484 g/mol. The van der Waals surface area contributed by atoms with E-state index in [1.165, 1.54) is 0 Å². The second kappa shape index (κ2) is 15.6. The van der Waals surface area contributed by atoms with E-state index in [4.69, 9.17) is 28.7 Å². The molecule has 0 saturated carbocycles. The average molecular weight is 517 g/mol. The molecule has 0 aliphatic heterocycles. The van der Waals surface area contributed by atoms with Crippen LogP contribution in [0.15, 0.2) is 0 Å². The summed E-state index contributed by atoms with van der Waals surface area (Å²) in [7, 11) is 0. The number of nitrogens with one attached hydrogen (secondary N) is 3. The largest absolute Gasteiger partial charge is 0.480 e. The third-order valence-corrected chi connectivity index (χ3v) is 4.68. The molecule has 0 aromatic rings. The summed E-state index contributed by atoms with van der Waals surface area (Å²) in [5.41, 5.74) is 25.7. The second-order valence-electron chi connectivity index (χ2n) is 7.81. The van der Waals surface area contributed by atoms with E-state index in [9.17, 15) is 43.5 Å². The highest BCUT2D eigenvalue weighted by atomic mass is 16.4. The van der Waals surface area contributed by atoms with Crippen molar-refractivity contribution in [2.24, 2.45) is 28.7 Å². The summed E-state index contributed by atoms with van der Waals surface area (Å²) in [4.78, 5) is 93.5. The third-order valence-electron chi connectivity index (χ3n) is 4.68. The lowest BCUT2D eigenvalue weighted by molar-refractivity contribution is -0.142. The van der Waals surface area contributed by atoms with Gasteiger partial charge in [0.1, 0.15) is 18.1 Å². The number of amides is 7. The summed E-state index contributed by atoms with van der Waals surface area (Å²) in [6.45, 7) is 0. The number of carboxylic acid groups (broad SMARTS) is 1. The molecule has 0 spiro atoms. The van der Waals surface area contributed by atoms with Gasteiger partial charge in [-0.3, -0.25) is 33.6 Å². The van der Waals surface area contributed by atoms with Crippen molar-refractivity contribution >= 4 is 47.3 Å². The monoisotopic (exact) mass is 516 g/mol. The number of rotatable bonds is 18. The van der Waals surface area contributed by atoms with E-state index in [-0.39, 0.29) is 38.5 Å². The summed E-state index contributed by atoms with van der Waals surface area (Å²) in [6, 6.07) is -5.93. The quantitative estimate of drug-likeness (QED) is 0.0831. The van der Waals surface area contributed by atoms with Crippen LogP contribution in [-0.2, 0) is 38.4 Å². The first kappa shape index (κ1) is 31.7. The lowest BCUT2D eigenvalue weighted by Gasteiger charge is -2.25. The van der Waals surface area contributed by atoms with Gasteiger partial charge in [0.25, 0.3) is 0 Å². The van der Waals surface area contributed by atoms with Gasteiger partial charge in [-0.2, -0.15) is 0 Å². The van der Waals surface area contributed by atoms with Gasteiger partial charge in [-0.1, -0.05) is 0 Å². The number of carboxylic acids is 1. The van der Waals surface area contributed by atoms with Crippen molar-refractivity contribution in [1.82, 2.24) is 16.0 Å². The minimum atomic E-state index is -1.55. The maximum Gasteiger partial charge on any atom is 0.326 e. The van der Waals surface area contributed by atoms with Gasteiger partial charge in [0.15, 0.2) is 0 Å². The molecule has 14 N–H and O–H groups in total. The Kier molecular flexibility index (Phi) is 13.7. The molecular formula is C19H32N8O9. The van der Waals surface area contributed by atoms with Crippen molar-refractivity contribution in [1.29, 1.82) is 0 Å². The zero-order chi connectivity index (χ0) is 28.0. The first-order chi connectivity index (χ1) is 16.6. The van der Waals surface area contributed by atoms with Crippen LogP contribution in [0, 0.1) is 0 Å². The first-order valence-electron chi connectivity index (χ1n) is 10.7. The molecule has 0 aromatic carbocycles. The Balaban J connectivity index is 5.66. The lowest BCUT2D eigenvalue weighted by atomic mass is 10.0. The van der Waals surface area contributed by atoms with E-state index in [1.54, 1.807) is 0 Å². The summed E-state index contributed by atoms with van der Waals surface area (Å²) in [5, 5.41) is 15.9. The molecule has 4 unspecified atom stereocenters. The smallest absolute Gasteiger partial charge is 0.326 e. The SMILES string of the molecule is NC(=O)CCC(NC(=O)C(CCC(N)=O)NC(=O)C(CCC(N)=O)NC(=O)C(N)CC(N)=O)C(=O)O. The molecule has 17 heteroatoms. The molecule has 0 saturated heterocycles. The summed E-state index contributed by atoms with van der Waals surface area (Å²) in [6.07, 6.45) is -2.68. The Morgan fingerprint density at radius 1 is 0.556 bits per heavy atom. The number of carbonyl (C=O) groups excluding carboxylic acids is 7. The average Bonchev–Trinajstić information content (AvgIpc) is 2.75. The zero-order valence-electron chi connectivity index (χ0n) is 19.4. The van der Waals surface area contributed by atoms with Gasteiger partial charge < -0.3 is 49.7 Å². The van der Waals surface area contributed by atoms with Crippen LogP contribution in [0.5, 0.6) is 0 Å². The van der Waals surface area contributed by atoms with Crippen LogP contribution >= 0.6 is 0 Å². The number of hydrogen-bond acceptors (Lipinski definition) is 9. The Morgan fingerprint density at radius 2 is 0.889 bits per heavy atom. The molecule has 0 bridgehead atoms. The van der Waals surface area contributed by atoms with Crippen molar-refractivity contribution in [3.63, 3.8) is 0 Å². The predicted molar refractivity (Wildman–Crippen MR) is 120 cm³/mol. The van der Waals surface area contributed by atoms with Gasteiger partial charge in [-0.05, 0) is 19.3 Å². The van der Waals surface area contributed by atoms with E-state index in [1.807, 2.05) is 0 Å². The van der Waals surface area contributed by atoms with Crippen LogP contribution in [0.4, 0.5) is 0 Å². The topological polar surface area (TPSA) is 323 Å². The summed E-state index contributed by atoms with van der Waals surface area (Å²) >= 11 is 0. The molecule has 0 heterocycles. The number of carbonyl (C=O) groups is 8. The number of aliphatic carboxylic acids is 1. The predicted octanol–water partition coefficient (Wildman–Crippen LogP) is -5.48. The fourth-order valence-corrected chi connectivity index (χ4v) is 2.79. The van der Waals surface area contributed by atoms with Gasteiger partial charge in [-0.15, -0.1) is 0 Å². The highest BCUT2D eigenvalue weighted by Gasteiger charge is 2.31. The van der Waals surface area contributed by atoms with E-state index in [0.29, 0.717) is 0 Å². The molecule has 202 valence electrons. The van der Waals surface area contributed by atoms with Gasteiger partial charge in [-0.25, -0.2) is 4.79 Å². The molecule has 7 amide bonds. The Morgan fingerprint density at radius 3 is 1.22 bits per heavy atom. The first-order valence-corrected chi connectivity index (χ1v) is 10.7. The molecule has 0 fully saturated rings. The Hall–Kier alpha value is -4.28. The molecule has 4 atom stereocenters.